The summed E-state index contributed by atoms with van der Waals surface area (Å²) < 4.78 is 27.3. The molecule has 2 atom stereocenters. The Balaban J connectivity index is 2.14. The number of benzene rings is 1. The lowest BCUT2D eigenvalue weighted by molar-refractivity contribution is -0.133. The number of amides is 1. The summed E-state index contributed by atoms with van der Waals surface area (Å²) in [4.78, 5) is 14.3. The normalized spacial score (nSPS) is 27.2. The van der Waals surface area contributed by atoms with Crippen molar-refractivity contribution in [1.29, 1.82) is 5.26 Å². The molecule has 2 aliphatic rings. The zero-order valence-electron chi connectivity index (χ0n) is 13.6. The maximum absolute atomic E-state index is 13.8. The van der Waals surface area contributed by atoms with Crippen molar-refractivity contribution in [2.24, 2.45) is 5.41 Å². The monoisotopic (exact) mass is 318 g/mol. The lowest BCUT2D eigenvalue weighted by Gasteiger charge is -2.40. The number of carbonyl (C=O) groups excluding carboxylic acids is 1. The number of hydrogen-bond donors (Lipinski definition) is 0. The van der Waals surface area contributed by atoms with Crippen molar-refractivity contribution < 1.29 is 13.6 Å². The molecule has 0 saturated carbocycles. The number of nitriles is 1. The molecule has 3 rings (SSSR count). The zero-order valence-corrected chi connectivity index (χ0v) is 13.6. The number of rotatable bonds is 2. The molecule has 0 spiro atoms. The second kappa shape index (κ2) is 5.02. The molecule has 1 amide bonds. The summed E-state index contributed by atoms with van der Waals surface area (Å²) >= 11 is 0. The van der Waals surface area contributed by atoms with Crippen molar-refractivity contribution in [3.8, 4) is 6.07 Å². The van der Waals surface area contributed by atoms with E-state index in [-0.39, 0.29) is 11.9 Å². The predicted molar refractivity (Wildman–Crippen MR) is 81.3 cm³/mol. The van der Waals surface area contributed by atoms with Crippen molar-refractivity contribution in [3.63, 3.8) is 0 Å². The van der Waals surface area contributed by atoms with E-state index in [4.69, 9.17) is 0 Å². The molecule has 2 heterocycles. The van der Waals surface area contributed by atoms with Crippen LogP contribution in [0.15, 0.2) is 12.1 Å². The van der Waals surface area contributed by atoms with Gasteiger partial charge in [0.25, 0.3) is 0 Å². The third kappa shape index (κ3) is 2.15. The molecule has 0 aliphatic carbocycles. The summed E-state index contributed by atoms with van der Waals surface area (Å²) in [5.41, 5.74) is 0.0559. The highest BCUT2D eigenvalue weighted by atomic mass is 19.2. The fourth-order valence-electron chi connectivity index (χ4n) is 4.32. The molecular weight excluding hydrogens is 298 g/mol. The zero-order chi connectivity index (χ0) is 17.0. The van der Waals surface area contributed by atoms with E-state index in [0.717, 1.165) is 0 Å². The summed E-state index contributed by atoms with van der Waals surface area (Å²) in [5, 5.41) is 9.45. The molecule has 0 N–H and O–H groups in total. The first kappa shape index (κ1) is 15.9. The van der Waals surface area contributed by atoms with Crippen LogP contribution >= 0.6 is 0 Å². The first-order valence-corrected chi connectivity index (χ1v) is 7.92. The Morgan fingerprint density at radius 1 is 1.30 bits per heavy atom. The number of halogens is 2. The Hall–Kier alpha value is -1.96. The van der Waals surface area contributed by atoms with Crippen molar-refractivity contribution in [1.82, 2.24) is 4.90 Å². The highest BCUT2D eigenvalue weighted by Crippen LogP contribution is 2.54. The molecule has 23 heavy (non-hydrogen) atoms. The van der Waals surface area contributed by atoms with Gasteiger partial charge < -0.3 is 4.90 Å². The Morgan fingerprint density at radius 2 is 1.96 bits per heavy atom. The topological polar surface area (TPSA) is 44.1 Å². The van der Waals surface area contributed by atoms with Gasteiger partial charge in [0.2, 0.25) is 5.91 Å². The van der Waals surface area contributed by atoms with Crippen LogP contribution in [-0.2, 0) is 10.3 Å². The largest absolute Gasteiger partial charge is 0.328 e. The van der Waals surface area contributed by atoms with Gasteiger partial charge in [-0.2, -0.15) is 5.26 Å². The minimum atomic E-state index is -0.887. The molecule has 0 unspecified atom stereocenters. The Labute approximate surface area is 134 Å². The van der Waals surface area contributed by atoms with Gasteiger partial charge in [0.05, 0.1) is 23.1 Å². The van der Waals surface area contributed by atoms with Crippen LogP contribution in [0.25, 0.3) is 0 Å². The highest BCUT2D eigenvalue weighted by molar-refractivity contribution is 5.81. The van der Waals surface area contributed by atoms with E-state index in [9.17, 15) is 18.8 Å². The van der Waals surface area contributed by atoms with E-state index in [1.165, 1.54) is 12.1 Å². The van der Waals surface area contributed by atoms with Crippen molar-refractivity contribution in [2.75, 3.05) is 0 Å². The van der Waals surface area contributed by atoms with Gasteiger partial charge in [-0.1, -0.05) is 0 Å². The predicted octanol–water partition coefficient (Wildman–Crippen LogP) is 3.80. The van der Waals surface area contributed by atoms with Crippen LogP contribution in [0.1, 0.15) is 50.7 Å². The van der Waals surface area contributed by atoms with Crippen molar-refractivity contribution in [3.05, 3.63) is 34.9 Å². The van der Waals surface area contributed by atoms with Gasteiger partial charge in [0.15, 0.2) is 11.6 Å². The van der Waals surface area contributed by atoms with Crippen LogP contribution in [0.3, 0.4) is 0 Å². The molecule has 1 aromatic rings. The molecule has 0 bridgehead atoms. The number of carbonyl (C=O) groups is 1. The third-order valence-corrected chi connectivity index (χ3v) is 5.52. The maximum atomic E-state index is 13.8. The summed E-state index contributed by atoms with van der Waals surface area (Å²) in [6.07, 6.45) is 2.36. The first-order chi connectivity index (χ1) is 10.7. The van der Waals surface area contributed by atoms with Gasteiger partial charge in [-0.05, 0) is 63.3 Å². The van der Waals surface area contributed by atoms with Crippen molar-refractivity contribution >= 4 is 5.91 Å². The van der Waals surface area contributed by atoms with Gasteiger partial charge in [0.1, 0.15) is 0 Å². The SMILES string of the molecule is Cc1cc(F)c(F)cc1[C@@]12CCC(=O)N1[C@@H](C(C)(C)C#N)CC2. The van der Waals surface area contributed by atoms with Crippen LogP contribution in [0, 0.1) is 35.3 Å². The molecule has 3 nitrogen and oxygen atoms in total. The second-order valence-electron chi connectivity index (χ2n) is 7.26. The molecule has 0 aromatic heterocycles. The number of fused-ring (bicyclic) bond motifs is 1. The Kier molecular flexibility index (Phi) is 3.47. The average Bonchev–Trinajstić information content (AvgIpc) is 3.03. The van der Waals surface area contributed by atoms with E-state index in [0.29, 0.717) is 36.8 Å². The molecule has 2 saturated heterocycles. The van der Waals surface area contributed by atoms with Gasteiger partial charge in [-0.15, -0.1) is 0 Å². The quantitative estimate of drug-likeness (QED) is 0.832. The van der Waals surface area contributed by atoms with Crippen LogP contribution in [-0.4, -0.2) is 16.8 Å². The minimum absolute atomic E-state index is 0.0000387. The molecule has 122 valence electrons. The first-order valence-electron chi connectivity index (χ1n) is 7.92. The van der Waals surface area contributed by atoms with E-state index < -0.39 is 22.6 Å². The smallest absolute Gasteiger partial charge is 0.223 e. The second-order valence-corrected chi connectivity index (χ2v) is 7.26. The standard InChI is InChI=1S/C18H20F2N2O/c1-11-8-13(19)14(20)9-12(11)18-6-4-15(17(2,3)10-21)22(18)16(23)5-7-18/h8-9,15H,4-7H2,1-3H3/t15-,18-/m1/s1. The van der Waals surface area contributed by atoms with Gasteiger partial charge in [0, 0.05) is 6.42 Å². The summed E-state index contributed by atoms with van der Waals surface area (Å²) in [5.74, 6) is -1.76. The van der Waals surface area contributed by atoms with Gasteiger partial charge >= 0.3 is 0 Å². The number of nitrogens with zero attached hydrogens (tertiary/aromatic N) is 2. The highest BCUT2D eigenvalue weighted by Gasteiger charge is 2.57. The van der Waals surface area contributed by atoms with E-state index in [1.807, 2.05) is 13.8 Å². The average molecular weight is 318 g/mol. The Bertz CT molecular complexity index is 722. The van der Waals surface area contributed by atoms with Crippen LogP contribution in [0.4, 0.5) is 8.78 Å². The van der Waals surface area contributed by atoms with Crippen LogP contribution < -0.4 is 0 Å². The lowest BCUT2D eigenvalue weighted by Crippen LogP contribution is -2.48. The summed E-state index contributed by atoms with van der Waals surface area (Å²) in [6, 6.07) is 4.52. The third-order valence-electron chi connectivity index (χ3n) is 5.52. The van der Waals surface area contributed by atoms with E-state index in [1.54, 1.807) is 11.8 Å². The lowest BCUT2D eigenvalue weighted by atomic mass is 9.83. The van der Waals surface area contributed by atoms with E-state index >= 15 is 0 Å². The number of aryl methyl sites for hydroxylation is 1. The fraction of sp³-hybridized carbons (Fsp3) is 0.556. The van der Waals surface area contributed by atoms with Gasteiger partial charge in [-0.25, -0.2) is 8.78 Å². The molecule has 5 heteroatoms. The summed E-state index contributed by atoms with van der Waals surface area (Å²) in [6.45, 7) is 5.41. The summed E-state index contributed by atoms with van der Waals surface area (Å²) in [7, 11) is 0. The molecule has 2 aliphatic heterocycles. The van der Waals surface area contributed by atoms with Crippen LogP contribution in [0.2, 0.25) is 0 Å². The molecular formula is C18H20F2N2O. The maximum Gasteiger partial charge on any atom is 0.223 e. The number of hydrogen-bond acceptors (Lipinski definition) is 2. The Morgan fingerprint density at radius 3 is 2.61 bits per heavy atom. The molecule has 0 radical (unpaired) electrons. The van der Waals surface area contributed by atoms with Gasteiger partial charge in [-0.3, -0.25) is 4.79 Å². The van der Waals surface area contributed by atoms with Crippen LogP contribution in [0.5, 0.6) is 0 Å². The van der Waals surface area contributed by atoms with Crippen molar-refractivity contribution in [2.45, 2.75) is 58.0 Å². The fourth-order valence-corrected chi connectivity index (χ4v) is 4.32. The minimum Gasteiger partial charge on any atom is -0.328 e. The molecule has 1 aromatic carbocycles. The van der Waals surface area contributed by atoms with E-state index in [2.05, 4.69) is 6.07 Å². The molecule has 2 fully saturated rings.